The van der Waals surface area contributed by atoms with Crippen LogP contribution in [0.4, 0.5) is 10.2 Å². The standard InChI is InChI=1S/C21H26FN3O2/c1-14-5-6-17(12-18(14)22)19-13-21(24-15(2)23-19)25-9-7-16(8-10-25)20(27)4-3-11-26/h5-6,12-13,16,26H,3-4,7-11H2,1-2H3. The fraction of sp³-hybridized carbons (Fsp3) is 0.476. The van der Waals surface area contributed by atoms with E-state index in [2.05, 4.69) is 14.9 Å². The molecular weight excluding hydrogens is 345 g/mol. The molecule has 2 aromatic rings. The van der Waals surface area contributed by atoms with Crippen molar-refractivity contribution in [2.75, 3.05) is 24.6 Å². The second-order valence-electron chi connectivity index (χ2n) is 7.18. The van der Waals surface area contributed by atoms with E-state index < -0.39 is 0 Å². The van der Waals surface area contributed by atoms with Crippen molar-refractivity contribution in [1.29, 1.82) is 0 Å². The number of carbonyl (C=O) groups is 1. The third-order valence-corrected chi connectivity index (χ3v) is 5.15. The highest BCUT2D eigenvalue weighted by atomic mass is 19.1. The van der Waals surface area contributed by atoms with Crippen LogP contribution in [0.2, 0.25) is 0 Å². The molecule has 2 heterocycles. The van der Waals surface area contributed by atoms with E-state index in [4.69, 9.17) is 5.11 Å². The van der Waals surface area contributed by atoms with E-state index in [9.17, 15) is 9.18 Å². The lowest BCUT2D eigenvalue weighted by Gasteiger charge is -2.32. The molecule has 0 unspecified atom stereocenters. The highest BCUT2D eigenvalue weighted by Gasteiger charge is 2.25. The molecule has 0 radical (unpaired) electrons. The number of hydrogen-bond donors (Lipinski definition) is 1. The van der Waals surface area contributed by atoms with Crippen LogP contribution in [-0.4, -0.2) is 40.6 Å². The molecule has 1 saturated heterocycles. The van der Waals surface area contributed by atoms with Crippen LogP contribution in [0.1, 0.15) is 37.1 Å². The number of aliphatic hydroxyl groups is 1. The fourth-order valence-corrected chi connectivity index (χ4v) is 3.50. The predicted molar refractivity (Wildman–Crippen MR) is 103 cm³/mol. The Morgan fingerprint density at radius 1 is 1.22 bits per heavy atom. The minimum absolute atomic E-state index is 0.0627. The molecule has 1 N–H and O–H groups in total. The summed E-state index contributed by atoms with van der Waals surface area (Å²) in [7, 11) is 0. The number of piperidine rings is 1. The Morgan fingerprint density at radius 2 is 1.96 bits per heavy atom. The normalized spacial score (nSPS) is 15.2. The Kier molecular flexibility index (Phi) is 6.16. The van der Waals surface area contributed by atoms with E-state index in [-0.39, 0.29) is 24.1 Å². The maximum atomic E-state index is 13.9. The first kappa shape index (κ1) is 19.4. The molecule has 5 nitrogen and oxygen atoms in total. The summed E-state index contributed by atoms with van der Waals surface area (Å²) >= 11 is 0. The van der Waals surface area contributed by atoms with Gasteiger partial charge >= 0.3 is 0 Å². The third kappa shape index (κ3) is 4.69. The van der Waals surface area contributed by atoms with Crippen LogP contribution in [-0.2, 0) is 4.79 Å². The number of carbonyl (C=O) groups excluding carboxylic acids is 1. The summed E-state index contributed by atoms with van der Waals surface area (Å²) in [6.07, 6.45) is 2.58. The molecule has 6 heteroatoms. The summed E-state index contributed by atoms with van der Waals surface area (Å²) in [5, 5.41) is 8.88. The van der Waals surface area contributed by atoms with Crippen molar-refractivity contribution in [1.82, 2.24) is 9.97 Å². The zero-order chi connectivity index (χ0) is 19.4. The molecule has 144 valence electrons. The molecule has 1 aromatic heterocycles. The van der Waals surface area contributed by atoms with Gasteiger partial charge in [-0.05, 0) is 44.7 Å². The minimum atomic E-state index is -0.243. The summed E-state index contributed by atoms with van der Waals surface area (Å²) in [4.78, 5) is 23.3. The van der Waals surface area contributed by atoms with Crippen LogP contribution in [0.5, 0.6) is 0 Å². The largest absolute Gasteiger partial charge is 0.396 e. The molecular formula is C21H26FN3O2. The van der Waals surface area contributed by atoms with Crippen LogP contribution < -0.4 is 4.90 Å². The van der Waals surface area contributed by atoms with Crippen molar-refractivity contribution in [3.63, 3.8) is 0 Å². The molecule has 0 saturated carbocycles. The number of benzene rings is 1. The average molecular weight is 371 g/mol. The van der Waals surface area contributed by atoms with Gasteiger partial charge < -0.3 is 10.0 Å². The number of Topliss-reactive ketones (excluding diaryl/α,β-unsaturated/α-hetero) is 1. The number of halogens is 1. The van der Waals surface area contributed by atoms with Gasteiger partial charge in [0.15, 0.2) is 0 Å². The molecule has 0 bridgehead atoms. The lowest BCUT2D eigenvalue weighted by Crippen LogP contribution is -2.37. The van der Waals surface area contributed by atoms with Gasteiger partial charge in [-0.3, -0.25) is 4.79 Å². The maximum Gasteiger partial charge on any atom is 0.136 e. The topological polar surface area (TPSA) is 66.3 Å². The second kappa shape index (κ2) is 8.57. The van der Waals surface area contributed by atoms with Crippen LogP contribution in [0.15, 0.2) is 24.3 Å². The molecule has 27 heavy (non-hydrogen) atoms. The summed E-state index contributed by atoms with van der Waals surface area (Å²) in [5.41, 5.74) is 2.05. The minimum Gasteiger partial charge on any atom is -0.396 e. The summed E-state index contributed by atoms with van der Waals surface area (Å²) in [5.74, 6) is 1.54. The van der Waals surface area contributed by atoms with E-state index >= 15 is 0 Å². The molecule has 0 amide bonds. The molecule has 1 aromatic carbocycles. The van der Waals surface area contributed by atoms with Gasteiger partial charge in [-0.15, -0.1) is 0 Å². The summed E-state index contributed by atoms with van der Waals surface area (Å²) in [6, 6.07) is 7.03. The van der Waals surface area contributed by atoms with Crippen molar-refractivity contribution < 1.29 is 14.3 Å². The number of aryl methyl sites for hydroxylation is 2. The monoisotopic (exact) mass is 371 g/mol. The predicted octanol–water partition coefficient (Wildman–Crippen LogP) is 3.46. The van der Waals surface area contributed by atoms with Gasteiger partial charge in [-0.25, -0.2) is 14.4 Å². The van der Waals surface area contributed by atoms with Crippen molar-refractivity contribution in [3.8, 4) is 11.3 Å². The number of aromatic nitrogens is 2. The Hall–Kier alpha value is -2.34. The van der Waals surface area contributed by atoms with E-state index in [1.165, 1.54) is 6.07 Å². The number of aliphatic hydroxyl groups excluding tert-OH is 1. The van der Waals surface area contributed by atoms with Crippen LogP contribution in [0.25, 0.3) is 11.3 Å². The molecule has 1 fully saturated rings. The second-order valence-corrected chi connectivity index (χ2v) is 7.18. The lowest BCUT2D eigenvalue weighted by atomic mass is 9.90. The first-order chi connectivity index (χ1) is 13.0. The van der Waals surface area contributed by atoms with Crippen molar-refractivity contribution >= 4 is 11.6 Å². The van der Waals surface area contributed by atoms with Crippen LogP contribution in [0, 0.1) is 25.6 Å². The van der Waals surface area contributed by atoms with Crippen LogP contribution >= 0.6 is 0 Å². The van der Waals surface area contributed by atoms with Crippen molar-refractivity contribution in [2.24, 2.45) is 5.92 Å². The smallest absolute Gasteiger partial charge is 0.136 e. The van der Waals surface area contributed by atoms with Gasteiger partial charge in [0.05, 0.1) is 5.69 Å². The summed E-state index contributed by atoms with van der Waals surface area (Å²) in [6.45, 7) is 5.15. The zero-order valence-corrected chi connectivity index (χ0v) is 15.9. The van der Waals surface area contributed by atoms with Gasteiger partial charge in [-0.2, -0.15) is 0 Å². The maximum absolute atomic E-state index is 13.9. The number of anilines is 1. The van der Waals surface area contributed by atoms with Crippen molar-refractivity contribution in [3.05, 3.63) is 41.5 Å². The highest BCUT2D eigenvalue weighted by Crippen LogP contribution is 2.27. The average Bonchev–Trinajstić information content (AvgIpc) is 2.68. The lowest BCUT2D eigenvalue weighted by molar-refractivity contribution is -0.123. The molecule has 1 aliphatic heterocycles. The van der Waals surface area contributed by atoms with Gasteiger partial charge in [0, 0.05) is 43.7 Å². The summed E-state index contributed by atoms with van der Waals surface area (Å²) < 4.78 is 13.9. The Morgan fingerprint density at radius 3 is 2.63 bits per heavy atom. The molecule has 3 rings (SSSR count). The molecule has 1 aliphatic rings. The quantitative estimate of drug-likeness (QED) is 0.842. The van der Waals surface area contributed by atoms with E-state index in [1.807, 2.05) is 19.1 Å². The number of rotatable bonds is 6. The van der Waals surface area contributed by atoms with Gasteiger partial charge in [-0.1, -0.05) is 12.1 Å². The van der Waals surface area contributed by atoms with E-state index in [0.717, 1.165) is 37.3 Å². The van der Waals surface area contributed by atoms with Gasteiger partial charge in [0.1, 0.15) is 23.2 Å². The van der Waals surface area contributed by atoms with E-state index in [0.29, 0.717) is 29.9 Å². The Labute approximate surface area is 159 Å². The van der Waals surface area contributed by atoms with Gasteiger partial charge in [0.2, 0.25) is 0 Å². The van der Waals surface area contributed by atoms with E-state index in [1.54, 1.807) is 13.0 Å². The molecule has 0 aliphatic carbocycles. The fourth-order valence-electron chi connectivity index (χ4n) is 3.50. The third-order valence-electron chi connectivity index (χ3n) is 5.15. The molecule has 0 atom stereocenters. The first-order valence-electron chi connectivity index (χ1n) is 9.48. The SMILES string of the molecule is Cc1nc(-c2ccc(C)c(F)c2)cc(N2CCC(C(=O)CCCO)CC2)n1. The molecule has 0 spiro atoms. The zero-order valence-electron chi connectivity index (χ0n) is 15.9. The van der Waals surface area contributed by atoms with Crippen LogP contribution in [0.3, 0.4) is 0 Å². The Balaban J connectivity index is 1.73. The number of ketones is 1. The Bertz CT molecular complexity index is 817. The van der Waals surface area contributed by atoms with Crippen molar-refractivity contribution in [2.45, 2.75) is 39.5 Å². The van der Waals surface area contributed by atoms with Gasteiger partial charge in [0.25, 0.3) is 0 Å². The number of nitrogens with zero attached hydrogens (tertiary/aromatic N) is 3. The number of hydrogen-bond acceptors (Lipinski definition) is 5. The highest BCUT2D eigenvalue weighted by molar-refractivity contribution is 5.81. The first-order valence-corrected chi connectivity index (χ1v) is 9.48.